The summed E-state index contributed by atoms with van der Waals surface area (Å²) in [7, 11) is 0. The van der Waals surface area contributed by atoms with Crippen molar-refractivity contribution in [3.8, 4) is 11.4 Å². The number of tetrazole rings is 1. The predicted octanol–water partition coefficient (Wildman–Crippen LogP) is 3.43. The number of aryl methyl sites for hydroxylation is 3. The van der Waals surface area contributed by atoms with Crippen LogP contribution in [0, 0.1) is 12.7 Å². The highest BCUT2D eigenvalue weighted by molar-refractivity contribution is 5.82. The third-order valence-electron chi connectivity index (χ3n) is 5.22. The van der Waals surface area contributed by atoms with E-state index in [0.717, 1.165) is 30.2 Å². The van der Waals surface area contributed by atoms with Gasteiger partial charge in [-0.1, -0.05) is 0 Å². The van der Waals surface area contributed by atoms with E-state index in [-0.39, 0.29) is 5.82 Å². The minimum absolute atomic E-state index is 0.272. The molecule has 2 aromatic heterocycles. The van der Waals surface area contributed by atoms with Gasteiger partial charge in [0.1, 0.15) is 11.4 Å². The minimum atomic E-state index is -0.394. The summed E-state index contributed by atoms with van der Waals surface area (Å²) in [5.41, 5.74) is 4.76. The van der Waals surface area contributed by atoms with Crippen molar-refractivity contribution in [1.29, 1.82) is 0 Å². The number of hydrogen-bond donors (Lipinski definition) is 0. The predicted molar refractivity (Wildman–Crippen MR) is 102 cm³/mol. The average Bonchev–Trinajstić information content (AvgIpc) is 3.31. The lowest BCUT2D eigenvalue weighted by molar-refractivity contribution is 0.545. The van der Waals surface area contributed by atoms with Crippen LogP contribution in [0.15, 0.2) is 45.6 Å². The molecule has 0 spiro atoms. The summed E-state index contributed by atoms with van der Waals surface area (Å²) in [5.74, 6) is 0.141. The number of halogens is 1. The quantitative estimate of drug-likeness (QED) is 0.512. The molecular weight excluding hydrogens is 359 g/mol. The number of hydrogen-bond acceptors (Lipinski definition) is 5. The molecule has 1 aliphatic rings. The second-order valence-electron chi connectivity index (χ2n) is 7.17. The molecule has 0 amide bonds. The van der Waals surface area contributed by atoms with E-state index in [9.17, 15) is 9.18 Å². The summed E-state index contributed by atoms with van der Waals surface area (Å²) >= 11 is 0. The van der Waals surface area contributed by atoms with Crippen LogP contribution >= 0.6 is 0 Å². The van der Waals surface area contributed by atoms with Gasteiger partial charge in [-0.2, -0.15) is 4.80 Å². The van der Waals surface area contributed by atoms with E-state index in [0.29, 0.717) is 29.1 Å². The SMILES string of the molecule is Cc1cc(-c2nnn(Cc3cc(=O)oc4cc5c(cc34)CCC5)n2)ccc1F. The largest absolute Gasteiger partial charge is 0.423 e. The van der Waals surface area contributed by atoms with Crippen molar-refractivity contribution in [3.05, 3.63) is 74.9 Å². The first kappa shape index (κ1) is 16.8. The molecule has 0 unspecified atom stereocenters. The Morgan fingerprint density at radius 1 is 1.14 bits per heavy atom. The van der Waals surface area contributed by atoms with E-state index < -0.39 is 5.63 Å². The summed E-state index contributed by atoms with van der Waals surface area (Å²) in [6.07, 6.45) is 3.18. The van der Waals surface area contributed by atoms with Gasteiger partial charge in [0.25, 0.3) is 0 Å². The van der Waals surface area contributed by atoms with Gasteiger partial charge >= 0.3 is 5.63 Å². The smallest absolute Gasteiger partial charge is 0.336 e. The van der Waals surface area contributed by atoms with Crippen molar-refractivity contribution < 1.29 is 8.81 Å². The lowest BCUT2D eigenvalue weighted by atomic mass is 10.0. The highest BCUT2D eigenvalue weighted by atomic mass is 19.1. The third-order valence-corrected chi connectivity index (χ3v) is 5.22. The van der Waals surface area contributed by atoms with Crippen LogP contribution in [0.3, 0.4) is 0 Å². The van der Waals surface area contributed by atoms with Crippen LogP contribution in [0.25, 0.3) is 22.4 Å². The molecule has 7 heteroatoms. The topological polar surface area (TPSA) is 73.8 Å². The van der Waals surface area contributed by atoms with Gasteiger partial charge in [-0.15, -0.1) is 10.2 Å². The van der Waals surface area contributed by atoms with Crippen molar-refractivity contribution in [3.63, 3.8) is 0 Å². The van der Waals surface area contributed by atoms with Crippen LogP contribution in [0.4, 0.5) is 4.39 Å². The molecule has 6 nitrogen and oxygen atoms in total. The molecule has 0 atom stereocenters. The van der Waals surface area contributed by atoms with Crippen LogP contribution in [-0.4, -0.2) is 20.2 Å². The van der Waals surface area contributed by atoms with Gasteiger partial charge in [-0.25, -0.2) is 9.18 Å². The lowest BCUT2D eigenvalue weighted by Crippen LogP contribution is -2.08. The minimum Gasteiger partial charge on any atom is -0.423 e. The fraction of sp³-hybridized carbons (Fsp3) is 0.238. The van der Waals surface area contributed by atoms with Gasteiger partial charge in [0.2, 0.25) is 5.82 Å². The molecule has 0 radical (unpaired) electrons. The molecule has 5 rings (SSSR count). The summed E-state index contributed by atoms with van der Waals surface area (Å²) in [6, 6.07) is 10.3. The number of fused-ring (bicyclic) bond motifs is 2. The van der Waals surface area contributed by atoms with E-state index in [1.807, 2.05) is 6.07 Å². The Hall–Kier alpha value is -3.35. The van der Waals surface area contributed by atoms with Crippen LogP contribution < -0.4 is 5.63 Å². The van der Waals surface area contributed by atoms with Crippen LogP contribution in [0.5, 0.6) is 0 Å². The zero-order chi connectivity index (χ0) is 19.3. The van der Waals surface area contributed by atoms with Gasteiger partial charge < -0.3 is 4.42 Å². The second kappa shape index (κ2) is 6.37. The first-order valence-electron chi connectivity index (χ1n) is 9.20. The number of aromatic nitrogens is 4. The van der Waals surface area contributed by atoms with Gasteiger partial charge in [-0.3, -0.25) is 0 Å². The van der Waals surface area contributed by atoms with Gasteiger partial charge in [0, 0.05) is 17.0 Å². The molecule has 0 fully saturated rings. The molecule has 28 heavy (non-hydrogen) atoms. The normalized spacial score (nSPS) is 13.2. The van der Waals surface area contributed by atoms with Crippen LogP contribution in [0.2, 0.25) is 0 Å². The maximum absolute atomic E-state index is 13.5. The first-order valence-corrected chi connectivity index (χ1v) is 9.20. The molecule has 4 aromatic rings. The molecule has 0 aliphatic heterocycles. The Bertz CT molecular complexity index is 1280. The van der Waals surface area contributed by atoms with Crippen LogP contribution in [-0.2, 0) is 19.4 Å². The first-order chi connectivity index (χ1) is 13.6. The lowest BCUT2D eigenvalue weighted by Gasteiger charge is -2.07. The standard InChI is InChI=1S/C21H17FN4O2/c1-12-7-15(5-6-18(12)22)21-23-25-26(24-21)11-16-10-20(27)28-19-9-14-4-2-3-13(14)8-17(16)19/h5-10H,2-4,11H2,1H3. The van der Waals surface area contributed by atoms with Crippen molar-refractivity contribution in [2.24, 2.45) is 0 Å². The number of nitrogens with zero attached hydrogens (tertiary/aromatic N) is 4. The van der Waals surface area contributed by atoms with Crippen molar-refractivity contribution in [2.45, 2.75) is 32.7 Å². The molecule has 0 saturated heterocycles. The van der Waals surface area contributed by atoms with Crippen molar-refractivity contribution in [1.82, 2.24) is 20.2 Å². The van der Waals surface area contributed by atoms with Gasteiger partial charge in [-0.05, 0) is 84.0 Å². The van der Waals surface area contributed by atoms with Gasteiger partial charge in [0.15, 0.2) is 0 Å². The fourth-order valence-electron chi connectivity index (χ4n) is 3.79. The second-order valence-corrected chi connectivity index (χ2v) is 7.17. The van der Waals surface area contributed by atoms with E-state index in [4.69, 9.17) is 4.42 Å². The van der Waals surface area contributed by atoms with Crippen LogP contribution in [0.1, 0.15) is 28.7 Å². The monoisotopic (exact) mass is 376 g/mol. The number of benzene rings is 2. The fourth-order valence-corrected chi connectivity index (χ4v) is 3.79. The maximum Gasteiger partial charge on any atom is 0.336 e. The molecule has 0 bridgehead atoms. The molecule has 1 aliphatic carbocycles. The highest BCUT2D eigenvalue weighted by Crippen LogP contribution is 2.28. The zero-order valence-electron chi connectivity index (χ0n) is 15.3. The molecular formula is C21H17FN4O2. The number of rotatable bonds is 3. The Balaban J connectivity index is 1.53. The van der Waals surface area contributed by atoms with E-state index >= 15 is 0 Å². The van der Waals surface area contributed by atoms with E-state index in [1.165, 1.54) is 28.1 Å². The zero-order valence-corrected chi connectivity index (χ0v) is 15.3. The summed E-state index contributed by atoms with van der Waals surface area (Å²) < 4.78 is 18.9. The molecule has 2 aromatic carbocycles. The Morgan fingerprint density at radius 3 is 2.79 bits per heavy atom. The van der Waals surface area contributed by atoms with Gasteiger partial charge in [0.05, 0.1) is 6.54 Å². The van der Waals surface area contributed by atoms with Crippen molar-refractivity contribution >= 4 is 11.0 Å². The van der Waals surface area contributed by atoms with Crippen molar-refractivity contribution in [2.75, 3.05) is 0 Å². The Kier molecular flexibility index (Phi) is 3.82. The Morgan fingerprint density at radius 2 is 1.96 bits per heavy atom. The molecule has 140 valence electrons. The maximum atomic E-state index is 13.5. The molecule has 0 saturated carbocycles. The molecule has 2 heterocycles. The van der Waals surface area contributed by atoms with E-state index in [2.05, 4.69) is 21.5 Å². The van der Waals surface area contributed by atoms with E-state index in [1.54, 1.807) is 19.1 Å². The summed E-state index contributed by atoms with van der Waals surface area (Å²) in [6.45, 7) is 1.99. The third kappa shape index (κ3) is 2.89. The summed E-state index contributed by atoms with van der Waals surface area (Å²) in [4.78, 5) is 13.5. The highest BCUT2D eigenvalue weighted by Gasteiger charge is 2.16. The average molecular weight is 376 g/mol. The summed E-state index contributed by atoms with van der Waals surface area (Å²) in [5, 5.41) is 13.5. The molecule has 0 N–H and O–H groups in total. The Labute approximate surface area is 159 Å².